The lowest BCUT2D eigenvalue weighted by Gasteiger charge is -2.12. The van der Waals surface area contributed by atoms with Crippen molar-refractivity contribution in [2.24, 2.45) is 5.92 Å². The van der Waals surface area contributed by atoms with Crippen molar-refractivity contribution in [2.45, 2.75) is 45.8 Å². The minimum absolute atomic E-state index is 0.328. The molecule has 0 spiro atoms. The van der Waals surface area contributed by atoms with Crippen LogP contribution >= 0.6 is 0 Å². The summed E-state index contributed by atoms with van der Waals surface area (Å²) in [6, 6.07) is 0. The van der Waals surface area contributed by atoms with Gasteiger partial charge >= 0.3 is 0 Å². The average molecular weight is 172 g/mol. The molecule has 1 fully saturated rings. The van der Waals surface area contributed by atoms with E-state index in [9.17, 15) is 0 Å². The van der Waals surface area contributed by atoms with Gasteiger partial charge in [0.15, 0.2) is 0 Å². The van der Waals surface area contributed by atoms with Crippen LogP contribution in [0.25, 0.3) is 0 Å². The Labute approximate surface area is 75.2 Å². The van der Waals surface area contributed by atoms with E-state index < -0.39 is 0 Å². The molecule has 0 aromatic rings. The molecule has 0 N–H and O–H groups in total. The normalized spacial score (nSPS) is 30.0. The summed E-state index contributed by atoms with van der Waals surface area (Å²) in [4.78, 5) is 0. The molecule has 2 atom stereocenters. The Hall–Kier alpha value is -0.0800. The highest BCUT2D eigenvalue weighted by Crippen LogP contribution is 2.22. The van der Waals surface area contributed by atoms with Gasteiger partial charge in [0.05, 0.1) is 18.8 Å². The zero-order valence-corrected chi connectivity index (χ0v) is 8.38. The Balaban J connectivity index is 2.11. The van der Waals surface area contributed by atoms with Crippen LogP contribution in [0.15, 0.2) is 0 Å². The Morgan fingerprint density at radius 2 is 2.25 bits per heavy atom. The van der Waals surface area contributed by atoms with Gasteiger partial charge in [0.25, 0.3) is 0 Å². The third-order valence-electron chi connectivity index (χ3n) is 2.36. The fraction of sp³-hybridized carbons (Fsp3) is 1.00. The number of hydrogen-bond acceptors (Lipinski definition) is 2. The third-order valence-corrected chi connectivity index (χ3v) is 2.36. The van der Waals surface area contributed by atoms with Gasteiger partial charge in [0, 0.05) is 6.61 Å². The molecule has 0 radical (unpaired) electrons. The molecule has 0 saturated carbocycles. The first-order valence-corrected chi connectivity index (χ1v) is 4.95. The van der Waals surface area contributed by atoms with Gasteiger partial charge in [-0.25, -0.2) is 0 Å². The van der Waals surface area contributed by atoms with Crippen molar-refractivity contribution in [3.05, 3.63) is 0 Å². The Morgan fingerprint density at radius 3 is 2.75 bits per heavy atom. The van der Waals surface area contributed by atoms with Crippen molar-refractivity contribution in [1.82, 2.24) is 0 Å². The molecule has 0 amide bonds. The second-order valence-corrected chi connectivity index (χ2v) is 3.85. The third kappa shape index (κ3) is 3.11. The maximum atomic E-state index is 5.58. The number of ether oxygens (including phenoxy) is 2. The number of rotatable bonds is 4. The fourth-order valence-electron chi connectivity index (χ4n) is 1.48. The second kappa shape index (κ2) is 4.83. The molecule has 0 aromatic heterocycles. The van der Waals surface area contributed by atoms with E-state index in [2.05, 4.69) is 20.8 Å². The van der Waals surface area contributed by atoms with E-state index in [-0.39, 0.29) is 0 Å². The molecule has 0 unspecified atom stereocenters. The van der Waals surface area contributed by atoms with Gasteiger partial charge in [0.1, 0.15) is 0 Å². The van der Waals surface area contributed by atoms with Crippen LogP contribution in [0, 0.1) is 5.92 Å². The quantitative estimate of drug-likeness (QED) is 0.647. The van der Waals surface area contributed by atoms with Gasteiger partial charge in [-0.1, -0.05) is 13.3 Å². The summed E-state index contributed by atoms with van der Waals surface area (Å²) in [6.07, 6.45) is 3.10. The van der Waals surface area contributed by atoms with E-state index in [1.807, 2.05) is 0 Å². The maximum absolute atomic E-state index is 5.58. The molecule has 1 rings (SSSR count). The summed E-state index contributed by atoms with van der Waals surface area (Å²) < 4.78 is 11.1. The van der Waals surface area contributed by atoms with Crippen LogP contribution < -0.4 is 0 Å². The number of hydrogen-bond donors (Lipinski definition) is 0. The van der Waals surface area contributed by atoms with Crippen LogP contribution in [0.5, 0.6) is 0 Å². The molecule has 0 aromatic carbocycles. The zero-order chi connectivity index (χ0) is 8.97. The van der Waals surface area contributed by atoms with Gasteiger partial charge in [0.2, 0.25) is 0 Å². The molecule has 2 heteroatoms. The van der Waals surface area contributed by atoms with Crippen molar-refractivity contribution in [3.63, 3.8) is 0 Å². The lowest BCUT2D eigenvalue weighted by Crippen LogP contribution is -2.17. The molecular formula is C10H20O2. The molecule has 0 aliphatic carbocycles. The standard InChI is InChI=1S/C10H20O2/c1-4-9-5-10(12-6-9)7-11-8(2)3/h8-10H,4-7H2,1-3H3/t9-,10+/m0/s1. The van der Waals surface area contributed by atoms with Crippen LogP contribution in [0.1, 0.15) is 33.6 Å². The van der Waals surface area contributed by atoms with Gasteiger partial charge in [-0.2, -0.15) is 0 Å². The van der Waals surface area contributed by atoms with Gasteiger partial charge in [-0.15, -0.1) is 0 Å². The molecule has 0 bridgehead atoms. The summed E-state index contributed by atoms with van der Waals surface area (Å²) in [5, 5.41) is 0. The molecule has 12 heavy (non-hydrogen) atoms. The topological polar surface area (TPSA) is 18.5 Å². The maximum Gasteiger partial charge on any atom is 0.0812 e. The SMILES string of the molecule is CC[C@@H]1CO[C@@H](COC(C)C)C1. The van der Waals surface area contributed by atoms with E-state index in [0.717, 1.165) is 19.1 Å². The van der Waals surface area contributed by atoms with Crippen molar-refractivity contribution in [3.8, 4) is 0 Å². The van der Waals surface area contributed by atoms with Crippen LogP contribution in [-0.2, 0) is 9.47 Å². The molecule has 72 valence electrons. The Kier molecular flexibility index (Phi) is 4.02. The largest absolute Gasteiger partial charge is 0.376 e. The second-order valence-electron chi connectivity index (χ2n) is 3.85. The fourth-order valence-corrected chi connectivity index (χ4v) is 1.48. The highest BCUT2D eigenvalue weighted by atomic mass is 16.5. The summed E-state index contributed by atoms with van der Waals surface area (Å²) in [5.74, 6) is 0.769. The molecule has 1 heterocycles. The Morgan fingerprint density at radius 1 is 1.50 bits per heavy atom. The van der Waals surface area contributed by atoms with E-state index in [0.29, 0.717) is 12.2 Å². The van der Waals surface area contributed by atoms with Crippen molar-refractivity contribution >= 4 is 0 Å². The van der Waals surface area contributed by atoms with Crippen molar-refractivity contribution < 1.29 is 9.47 Å². The zero-order valence-electron chi connectivity index (χ0n) is 8.38. The molecular weight excluding hydrogens is 152 g/mol. The Bertz CT molecular complexity index is 123. The van der Waals surface area contributed by atoms with E-state index in [4.69, 9.17) is 9.47 Å². The van der Waals surface area contributed by atoms with Gasteiger partial charge in [-0.05, 0) is 26.2 Å². The van der Waals surface area contributed by atoms with Crippen LogP contribution in [0.4, 0.5) is 0 Å². The first-order chi connectivity index (χ1) is 5.72. The first kappa shape index (κ1) is 10.0. The molecule has 1 aliphatic heterocycles. The van der Waals surface area contributed by atoms with E-state index >= 15 is 0 Å². The predicted octanol–water partition coefficient (Wildman–Crippen LogP) is 2.23. The first-order valence-electron chi connectivity index (χ1n) is 4.95. The van der Waals surface area contributed by atoms with Crippen LogP contribution in [-0.4, -0.2) is 25.4 Å². The summed E-state index contributed by atoms with van der Waals surface area (Å²) in [5.41, 5.74) is 0. The van der Waals surface area contributed by atoms with Crippen LogP contribution in [0.2, 0.25) is 0 Å². The minimum atomic E-state index is 0.328. The highest BCUT2D eigenvalue weighted by molar-refractivity contribution is 4.72. The van der Waals surface area contributed by atoms with Crippen LogP contribution in [0.3, 0.4) is 0 Å². The summed E-state index contributed by atoms with van der Waals surface area (Å²) in [7, 11) is 0. The lowest BCUT2D eigenvalue weighted by molar-refractivity contribution is -0.00800. The predicted molar refractivity (Wildman–Crippen MR) is 49.2 cm³/mol. The van der Waals surface area contributed by atoms with E-state index in [1.165, 1.54) is 12.8 Å². The average Bonchev–Trinajstić information content (AvgIpc) is 2.48. The van der Waals surface area contributed by atoms with Crippen molar-refractivity contribution in [2.75, 3.05) is 13.2 Å². The monoisotopic (exact) mass is 172 g/mol. The smallest absolute Gasteiger partial charge is 0.0812 e. The van der Waals surface area contributed by atoms with Gasteiger partial charge in [-0.3, -0.25) is 0 Å². The lowest BCUT2D eigenvalue weighted by atomic mass is 10.0. The molecule has 2 nitrogen and oxygen atoms in total. The summed E-state index contributed by atoms with van der Waals surface area (Å²) in [6.45, 7) is 8.05. The summed E-state index contributed by atoms with van der Waals surface area (Å²) >= 11 is 0. The van der Waals surface area contributed by atoms with Crippen molar-refractivity contribution in [1.29, 1.82) is 0 Å². The molecule has 1 saturated heterocycles. The highest BCUT2D eigenvalue weighted by Gasteiger charge is 2.24. The van der Waals surface area contributed by atoms with E-state index in [1.54, 1.807) is 0 Å². The minimum Gasteiger partial charge on any atom is -0.376 e. The molecule has 1 aliphatic rings. The van der Waals surface area contributed by atoms with Gasteiger partial charge < -0.3 is 9.47 Å².